The normalized spacial score (nSPS) is 10.1. The zero-order valence-electron chi connectivity index (χ0n) is 12.3. The van der Waals surface area contributed by atoms with Gasteiger partial charge in [-0.15, -0.1) is 0 Å². The number of ether oxygens (including phenoxy) is 3. The van der Waals surface area contributed by atoms with E-state index in [-0.39, 0.29) is 0 Å². The number of methoxy groups -OCH3 is 2. The molecule has 0 aliphatic rings. The van der Waals surface area contributed by atoms with Gasteiger partial charge in [-0.2, -0.15) is 0 Å². The van der Waals surface area contributed by atoms with E-state index in [1.165, 1.54) is 0 Å². The molecule has 0 radical (unpaired) electrons. The van der Waals surface area contributed by atoms with Crippen LogP contribution in [0.15, 0.2) is 40.9 Å². The van der Waals surface area contributed by atoms with Crippen molar-refractivity contribution in [3.05, 3.63) is 52.0 Å². The van der Waals surface area contributed by atoms with Crippen LogP contribution in [0.1, 0.15) is 15.9 Å². The number of nitrogens with two attached hydrogens (primary N) is 1. The summed E-state index contributed by atoms with van der Waals surface area (Å²) in [5.41, 5.74) is 6.49. The summed E-state index contributed by atoms with van der Waals surface area (Å²) < 4.78 is 17.1. The fourth-order valence-corrected chi connectivity index (χ4v) is 2.40. The van der Waals surface area contributed by atoms with Crippen LogP contribution in [-0.4, -0.2) is 20.1 Å². The molecule has 0 fully saturated rings. The average molecular weight is 366 g/mol. The summed E-state index contributed by atoms with van der Waals surface area (Å²) in [6, 6.07) is 10.3. The first-order valence-electron chi connectivity index (χ1n) is 6.48. The summed E-state index contributed by atoms with van der Waals surface area (Å²) in [6.07, 6.45) is 0. The Morgan fingerprint density at radius 2 is 1.73 bits per heavy atom. The van der Waals surface area contributed by atoms with Gasteiger partial charge in [0.15, 0.2) is 0 Å². The molecule has 0 aliphatic carbocycles. The molecule has 0 aliphatic heterocycles. The summed E-state index contributed by atoms with van der Waals surface area (Å²) in [5, 5.41) is 0. The van der Waals surface area contributed by atoms with E-state index in [4.69, 9.17) is 19.9 Å². The smallest absolute Gasteiger partial charge is 0.248 e. The third-order valence-electron chi connectivity index (χ3n) is 3.09. The molecule has 2 N–H and O–H groups in total. The first kappa shape index (κ1) is 16.2. The van der Waals surface area contributed by atoms with Crippen molar-refractivity contribution >= 4 is 21.8 Å². The highest BCUT2D eigenvalue weighted by atomic mass is 79.9. The van der Waals surface area contributed by atoms with E-state index < -0.39 is 5.91 Å². The maximum atomic E-state index is 11.0. The quantitative estimate of drug-likeness (QED) is 0.853. The predicted molar refractivity (Wildman–Crippen MR) is 86.5 cm³/mol. The van der Waals surface area contributed by atoms with Gasteiger partial charge in [-0.1, -0.05) is 0 Å². The molecular formula is C16H16BrNO4. The van der Waals surface area contributed by atoms with Crippen LogP contribution in [-0.2, 0) is 6.61 Å². The number of hydrogen-bond acceptors (Lipinski definition) is 4. The standard InChI is InChI=1S/C16H16BrNO4/c1-20-14-8-13(17)15(21-2)7-11(14)9-22-12-5-3-10(4-6-12)16(18)19/h3-8H,9H2,1-2H3,(H2,18,19). The number of benzene rings is 2. The zero-order valence-corrected chi connectivity index (χ0v) is 13.8. The molecule has 0 saturated carbocycles. The lowest BCUT2D eigenvalue weighted by molar-refractivity contribution is 0.1000. The third kappa shape index (κ3) is 3.71. The molecule has 5 nitrogen and oxygen atoms in total. The Labute approximate surface area is 137 Å². The second-order valence-corrected chi connectivity index (χ2v) is 5.33. The van der Waals surface area contributed by atoms with Crippen LogP contribution < -0.4 is 19.9 Å². The Bertz CT molecular complexity index is 671. The molecule has 22 heavy (non-hydrogen) atoms. The highest BCUT2D eigenvalue weighted by Gasteiger charge is 2.10. The molecule has 0 saturated heterocycles. The molecule has 1 amide bonds. The Morgan fingerprint density at radius 1 is 1.09 bits per heavy atom. The van der Waals surface area contributed by atoms with Gasteiger partial charge in [-0.05, 0) is 52.3 Å². The number of carbonyl (C=O) groups is 1. The van der Waals surface area contributed by atoms with Crippen molar-refractivity contribution in [2.24, 2.45) is 5.73 Å². The van der Waals surface area contributed by atoms with E-state index in [2.05, 4.69) is 15.9 Å². The molecule has 0 heterocycles. The Balaban J connectivity index is 2.15. The van der Waals surface area contributed by atoms with Crippen molar-refractivity contribution in [2.45, 2.75) is 6.61 Å². The van der Waals surface area contributed by atoms with Gasteiger partial charge in [-0.3, -0.25) is 4.79 Å². The van der Waals surface area contributed by atoms with Gasteiger partial charge < -0.3 is 19.9 Å². The lowest BCUT2D eigenvalue weighted by Gasteiger charge is -2.13. The molecule has 0 atom stereocenters. The lowest BCUT2D eigenvalue weighted by atomic mass is 10.2. The molecule has 0 bridgehead atoms. The molecule has 2 aromatic carbocycles. The van der Waals surface area contributed by atoms with Gasteiger partial charge >= 0.3 is 0 Å². The van der Waals surface area contributed by atoms with Crippen molar-refractivity contribution in [3.63, 3.8) is 0 Å². The number of hydrogen-bond donors (Lipinski definition) is 1. The van der Waals surface area contributed by atoms with Crippen molar-refractivity contribution < 1.29 is 19.0 Å². The fourth-order valence-electron chi connectivity index (χ4n) is 1.91. The van der Waals surface area contributed by atoms with Gasteiger partial charge in [0.2, 0.25) is 5.91 Å². The minimum Gasteiger partial charge on any atom is -0.496 e. The fraction of sp³-hybridized carbons (Fsp3) is 0.188. The number of halogens is 1. The highest BCUT2D eigenvalue weighted by molar-refractivity contribution is 9.10. The molecular weight excluding hydrogens is 350 g/mol. The monoisotopic (exact) mass is 365 g/mol. The molecule has 0 aromatic heterocycles. The van der Waals surface area contributed by atoms with Crippen molar-refractivity contribution in [1.82, 2.24) is 0 Å². The minimum atomic E-state index is -0.467. The molecule has 6 heteroatoms. The van der Waals surface area contributed by atoms with Crippen LogP contribution in [0, 0.1) is 0 Å². The maximum absolute atomic E-state index is 11.0. The predicted octanol–water partition coefficient (Wildman–Crippen LogP) is 3.14. The van der Waals surface area contributed by atoms with E-state index in [9.17, 15) is 4.79 Å². The Hall–Kier alpha value is -2.21. The van der Waals surface area contributed by atoms with E-state index in [1.807, 2.05) is 12.1 Å². The maximum Gasteiger partial charge on any atom is 0.248 e. The topological polar surface area (TPSA) is 70.8 Å². The van der Waals surface area contributed by atoms with Crippen LogP contribution in [0.4, 0.5) is 0 Å². The number of primary amides is 1. The summed E-state index contributed by atoms with van der Waals surface area (Å²) >= 11 is 3.41. The SMILES string of the molecule is COc1cc(COc2ccc(C(N)=O)cc2)c(OC)cc1Br. The van der Waals surface area contributed by atoms with Crippen molar-refractivity contribution in [3.8, 4) is 17.2 Å². The first-order valence-corrected chi connectivity index (χ1v) is 7.27. The van der Waals surface area contributed by atoms with Crippen LogP contribution >= 0.6 is 15.9 Å². The summed E-state index contributed by atoms with van der Waals surface area (Å²) in [5.74, 6) is 1.56. The molecule has 2 aromatic rings. The zero-order chi connectivity index (χ0) is 16.1. The van der Waals surface area contributed by atoms with Crippen LogP contribution in [0.5, 0.6) is 17.2 Å². The second-order valence-electron chi connectivity index (χ2n) is 4.48. The van der Waals surface area contributed by atoms with Crippen LogP contribution in [0.2, 0.25) is 0 Å². The van der Waals surface area contributed by atoms with E-state index in [0.717, 1.165) is 10.0 Å². The molecule has 2 rings (SSSR count). The van der Waals surface area contributed by atoms with Gasteiger partial charge in [0.05, 0.1) is 18.7 Å². The van der Waals surface area contributed by atoms with Crippen LogP contribution in [0.25, 0.3) is 0 Å². The van der Waals surface area contributed by atoms with E-state index >= 15 is 0 Å². The van der Waals surface area contributed by atoms with Crippen LogP contribution in [0.3, 0.4) is 0 Å². The summed E-state index contributed by atoms with van der Waals surface area (Å²) in [6.45, 7) is 0.308. The first-order chi connectivity index (χ1) is 10.5. The van der Waals surface area contributed by atoms with Crippen molar-refractivity contribution in [2.75, 3.05) is 14.2 Å². The van der Waals surface area contributed by atoms with E-state index in [1.54, 1.807) is 38.5 Å². The van der Waals surface area contributed by atoms with Gasteiger partial charge in [-0.25, -0.2) is 0 Å². The summed E-state index contributed by atoms with van der Waals surface area (Å²) in [7, 11) is 3.19. The minimum absolute atomic E-state index is 0.308. The largest absolute Gasteiger partial charge is 0.496 e. The summed E-state index contributed by atoms with van der Waals surface area (Å²) in [4.78, 5) is 11.0. The number of rotatable bonds is 6. The number of carbonyl (C=O) groups excluding carboxylic acids is 1. The van der Waals surface area contributed by atoms with Gasteiger partial charge in [0.25, 0.3) is 0 Å². The third-order valence-corrected chi connectivity index (χ3v) is 3.71. The molecule has 0 spiro atoms. The van der Waals surface area contributed by atoms with Gasteiger partial charge in [0, 0.05) is 11.1 Å². The van der Waals surface area contributed by atoms with Gasteiger partial charge in [0.1, 0.15) is 23.9 Å². The van der Waals surface area contributed by atoms with E-state index in [0.29, 0.717) is 29.4 Å². The Kier molecular flexibility index (Phi) is 5.27. The Morgan fingerprint density at radius 3 is 2.27 bits per heavy atom. The second kappa shape index (κ2) is 7.17. The van der Waals surface area contributed by atoms with Crippen molar-refractivity contribution in [1.29, 1.82) is 0 Å². The molecule has 0 unspecified atom stereocenters. The molecule has 116 valence electrons. The lowest BCUT2D eigenvalue weighted by Crippen LogP contribution is -2.10. The average Bonchev–Trinajstić information content (AvgIpc) is 2.53. The highest BCUT2D eigenvalue weighted by Crippen LogP contribution is 2.33. The number of amides is 1.